The van der Waals surface area contributed by atoms with Crippen LogP contribution in [0.15, 0.2) is 23.7 Å². The molecule has 3 heteroatoms. The van der Waals surface area contributed by atoms with Crippen LogP contribution in [0.2, 0.25) is 0 Å². The Morgan fingerprint density at radius 2 is 2.40 bits per heavy atom. The standard InChI is InChI=1S/C12H15BrO2/c1-3-5-7-11(8-6-4-2)15-12(14)9-10-13/h3,9-11H,1,4,6,8H2,2H3/b10-9-. The molecule has 0 saturated heterocycles. The molecule has 0 heterocycles. The van der Waals surface area contributed by atoms with Crippen molar-refractivity contribution < 1.29 is 9.53 Å². The van der Waals surface area contributed by atoms with Crippen LogP contribution >= 0.6 is 15.9 Å². The number of carbonyl (C=O) groups is 1. The third-order valence-electron chi connectivity index (χ3n) is 1.62. The predicted molar refractivity (Wildman–Crippen MR) is 65.4 cm³/mol. The lowest BCUT2D eigenvalue weighted by molar-refractivity contribution is -0.140. The van der Waals surface area contributed by atoms with E-state index in [2.05, 4.69) is 41.3 Å². The highest BCUT2D eigenvalue weighted by Crippen LogP contribution is 2.05. The number of allylic oxidation sites excluding steroid dienone is 1. The van der Waals surface area contributed by atoms with Crippen LogP contribution < -0.4 is 0 Å². The van der Waals surface area contributed by atoms with Gasteiger partial charge in [-0.1, -0.05) is 47.7 Å². The molecule has 0 aromatic carbocycles. The Kier molecular flexibility index (Phi) is 8.90. The highest BCUT2D eigenvalue weighted by atomic mass is 79.9. The van der Waals surface area contributed by atoms with Gasteiger partial charge in [0, 0.05) is 6.08 Å². The van der Waals surface area contributed by atoms with E-state index >= 15 is 0 Å². The molecule has 1 unspecified atom stereocenters. The first kappa shape index (κ1) is 14.0. The number of hydrogen-bond donors (Lipinski definition) is 0. The summed E-state index contributed by atoms with van der Waals surface area (Å²) in [6.07, 6.45) is 5.28. The normalized spacial score (nSPS) is 11.6. The van der Waals surface area contributed by atoms with Crippen molar-refractivity contribution in [1.82, 2.24) is 0 Å². The summed E-state index contributed by atoms with van der Waals surface area (Å²) in [7, 11) is 0. The summed E-state index contributed by atoms with van der Waals surface area (Å²) in [5.41, 5.74) is 0. The minimum Gasteiger partial charge on any atom is -0.446 e. The fourth-order valence-corrected chi connectivity index (χ4v) is 1.15. The van der Waals surface area contributed by atoms with E-state index in [4.69, 9.17) is 4.74 Å². The Bertz CT molecular complexity index is 284. The fourth-order valence-electron chi connectivity index (χ4n) is 0.933. The first-order chi connectivity index (χ1) is 7.24. The monoisotopic (exact) mass is 270 g/mol. The van der Waals surface area contributed by atoms with Crippen molar-refractivity contribution in [3.8, 4) is 11.8 Å². The molecular weight excluding hydrogens is 256 g/mol. The van der Waals surface area contributed by atoms with E-state index in [-0.39, 0.29) is 12.1 Å². The summed E-state index contributed by atoms with van der Waals surface area (Å²) in [6, 6.07) is 0. The number of ether oxygens (including phenoxy) is 1. The van der Waals surface area contributed by atoms with Crippen molar-refractivity contribution in [3.05, 3.63) is 23.7 Å². The van der Waals surface area contributed by atoms with Gasteiger partial charge in [-0.05, 0) is 23.9 Å². The van der Waals surface area contributed by atoms with Gasteiger partial charge in [0.1, 0.15) is 0 Å². The molecule has 1 atom stereocenters. The second kappa shape index (κ2) is 9.54. The van der Waals surface area contributed by atoms with Crippen molar-refractivity contribution >= 4 is 21.9 Å². The van der Waals surface area contributed by atoms with Crippen molar-refractivity contribution in [2.75, 3.05) is 0 Å². The topological polar surface area (TPSA) is 26.3 Å². The van der Waals surface area contributed by atoms with E-state index in [1.54, 1.807) is 0 Å². The van der Waals surface area contributed by atoms with E-state index in [9.17, 15) is 4.79 Å². The molecule has 82 valence electrons. The molecule has 0 fully saturated rings. The second-order valence-corrected chi connectivity index (χ2v) is 3.38. The van der Waals surface area contributed by atoms with E-state index in [0.717, 1.165) is 19.3 Å². The third kappa shape index (κ3) is 8.02. The van der Waals surface area contributed by atoms with Crippen LogP contribution in [-0.4, -0.2) is 12.1 Å². The molecule has 0 rings (SSSR count). The summed E-state index contributed by atoms with van der Waals surface area (Å²) >= 11 is 3.01. The van der Waals surface area contributed by atoms with Crippen LogP contribution in [0.3, 0.4) is 0 Å². The van der Waals surface area contributed by atoms with Gasteiger partial charge in [0.15, 0.2) is 6.10 Å². The van der Waals surface area contributed by atoms with Gasteiger partial charge in [-0.3, -0.25) is 0 Å². The second-order valence-electron chi connectivity index (χ2n) is 2.85. The minimum atomic E-state index is -0.383. The summed E-state index contributed by atoms with van der Waals surface area (Å²) in [4.78, 5) is 12.6. The van der Waals surface area contributed by atoms with Crippen LogP contribution in [0.1, 0.15) is 26.2 Å². The van der Waals surface area contributed by atoms with Crippen molar-refractivity contribution in [2.24, 2.45) is 0 Å². The Balaban J connectivity index is 4.22. The SMILES string of the molecule is C=CC#CC(CCCC)OC(=O)/C=C\Br. The van der Waals surface area contributed by atoms with Gasteiger partial charge in [0.05, 0.1) is 0 Å². The highest BCUT2D eigenvalue weighted by molar-refractivity contribution is 9.11. The number of rotatable bonds is 5. The molecule has 0 aliphatic heterocycles. The molecule has 0 aromatic heterocycles. The summed E-state index contributed by atoms with van der Waals surface area (Å²) in [6.45, 7) is 5.57. The summed E-state index contributed by atoms with van der Waals surface area (Å²) in [5.74, 6) is 5.16. The van der Waals surface area contributed by atoms with Crippen LogP contribution in [0.4, 0.5) is 0 Å². The fraction of sp³-hybridized carbons (Fsp3) is 0.417. The van der Waals surface area contributed by atoms with E-state index in [1.807, 2.05) is 0 Å². The first-order valence-electron chi connectivity index (χ1n) is 4.84. The molecule has 0 aliphatic rings. The maximum absolute atomic E-state index is 11.1. The number of hydrogen-bond acceptors (Lipinski definition) is 2. The zero-order valence-electron chi connectivity index (χ0n) is 8.83. The zero-order chi connectivity index (χ0) is 11.5. The molecule has 0 amide bonds. The van der Waals surface area contributed by atoms with Crippen molar-refractivity contribution in [3.63, 3.8) is 0 Å². The Hall–Kier alpha value is -1.01. The van der Waals surface area contributed by atoms with Gasteiger partial charge in [-0.2, -0.15) is 0 Å². The van der Waals surface area contributed by atoms with E-state index in [0.29, 0.717) is 0 Å². The van der Waals surface area contributed by atoms with Crippen LogP contribution in [0.5, 0.6) is 0 Å². The van der Waals surface area contributed by atoms with Crippen molar-refractivity contribution in [1.29, 1.82) is 0 Å². The van der Waals surface area contributed by atoms with Crippen LogP contribution in [0, 0.1) is 11.8 Å². The molecule has 15 heavy (non-hydrogen) atoms. The number of unbranched alkanes of at least 4 members (excludes halogenated alkanes) is 1. The van der Waals surface area contributed by atoms with Crippen LogP contribution in [0.25, 0.3) is 0 Å². The van der Waals surface area contributed by atoms with Gasteiger partial charge in [-0.25, -0.2) is 4.79 Å². The van der Waals surface area contributed by atoms with Gasteiger partial charge in [0.2, 0.25) is 0 Å². The predicted octanol–water partition coefficient (Wildman–Crippen LogP) is 3.19. The average Bonchev–Trinajstić information content (AvgIpc) is 2.22. The smallest absolute Gasteiger partial charge is 0.332 e. The van der Waals surface area contributed by atoms with Gasteiger partial charge in [0.25, 0.3) is 0 Å². The molecule has 0 spiro atoms. The minimum absolute atomic E-state index is 0.334. The summed E-state index contributed by atoms with van der Waals surface area (Å²) < 4.78 is 5.12. The van der Waals surface area contributed by atoms with Gasteiger partial charge >= 0.3 is 5.97 Å². The first-order valence-corrected chi connectivity index (χ1v) is 5.75. The lowest BCUT2D eigenvalue weighted by Crippen LogP contribution is -2.14. The molecule has 0 aliphatic carbocycles. The van der Waals surface area contributed by atoms with E-state index < -0.39 is 0 Å². The Morgan fingerprint density at radius 3 is 2.93 bits per heavy atom. The third-order valence-corrected chi connectivity index (χ3v) is 1.89. The highest BCUT2D eigenvalue weighted by Gasteiger charge is 2.08. The lowest BCUT2D eigenvalue weighted by atomic mass is 10.1. The number of halogens is 1. The quantitative estimate of drug-likeness (QED) is 0.436. The Morgan fingerprint density at radius 1 is 1.67 bits per heavy atom. The largest absolute Gasteiger partial charge is 0.446 e. The molecule has 0 N–H and O–H groups in total. The molecule has 0 radical (unpaired) electrons. The average molecular weight is 271 g/mol. The Labute approximate surface area is 99.5 Å². The summed E-state index contributed by atoms with van der Waals surface area (Å²) in [5, 5.41) is 0. The van der Waals surface area contributed by atoms with Gasteiger partial charge < -0.3 is 4.74 Å². The molecule has 0 saturated carbocycles. The van der Waals surface area contributed by atoms with Gasteiger partial charge in [-0.15, -0.1) is 0 Å². The number of esters is 1. The molecular formula is C12H15BrO2. The maximum atomic E-state index is 11.1. The van der Waals surface area contributed by atoms with Crippen molar-refractivity contribution in [2.45, 2.75) is 32.3 Å². The molecule has 0 bridgehead atoms. The number of carbonyl (C=O) groups excluding carboxylic acids is 1. The molecule has 2 nitrogen and oxygen atoms in total. The maximum Gasteiger partial charge on any atom is 0.332 e. The molecule has 0 aromatic rings. The van der Waals surface area contributed by atoms with E-state index in [1.165, 1.54) is 17.1 Å². The zero-order valence-corrected chi connectivity index (χ0v) is 10.4. The van der Waals surface area contributed by atoms with Crippen LogP contribution in [-0.2, 0) is 9.53 Å². The lowest BCUT2D eigenvalue weighted by Gasteiger charge is -2.09.